The van der Waals surface area contributed by atoms with Crippen LogP contribution >= 0.6 is 0 Å². The number of carbonyl (C=O) groups excluding carboxylic acids is 2. The van der Waals surface area contributed by atoms with Crippen LogP contribution in [-0.2, 0) is 30.2 Å². The molecule has 0 fully saturated rings. The predicted octanol–water partition coefficient (Wildman–Crippen LogP) is 0.422. The van der Waals surface area contributed by atoms with Gasteiger partial charge in [0.05, 0.1) is 32.0 Å². The summed E-state index contributed by atoms with van der Waals surface area (Å²) >= 11 is 0. The van der Waals surface area contributed by atoms with Crippen molar-refractivity contribution in [3.05, 3.63) is 35.4 Å². The zero-order valence-electron chi connectivity index (χ0n) is 13.2. The molecule has 0 spiro atoms. The lowest BCUT2D eigenvalue weighted by Gasteiger charge is -2.16. The Labute approximate surface area is 135 Å². The van der Waals surface area contributed by atoms with Crippen LogP contribution in [-0.4, -0.2) is 52.0 Å². The fourth-order valence-corrected chi connectivity index (χ4v) is 1.83. The normalized spacial score (nSPS) is 11.3. The Hall–Kier alpha value is -2.43. The minimum atomic E-state index is -0.813. The third-order valence-corrected chi connectivity index (χ3v) is 3.01. The SMILES string of the molecule is COCCOCC(=O)N[C@H](Cc1ccc(C#N)cc1)C(=O)OC. The van der Waals surface area contributed by atoms with Gasteiger partial charge in [-0.05, 0) is 17.7 Å². The van der Waals surface area contributed by atoms with Crippen LogP contribution in [0.5, 0.6) is 0 Å². The van der Waals surface area contributed by atoms with E-state index in [1.807, 2.05) is 6.07 Å². The first-order chi connectivity index (χ1) is 11.1. The Morgan fingerprint density at radius 1 is 1.22 bits per heavy atom. The molecular formula is C16H20N2O5. The molecule has 0 aliphatic heterocycles. The number of ether oxygens (including phenoxy) is 3. The molecule has 0 aliphatic rings. The lowest BCUT2D eigenvalue weighted by atomic mass is 10.0. The minimum Gasteiger partial charge on any atom is -0.467 e. The van der Waals surface area contributed by atoms with Crippen LogP contribution in [0.15, 0.2) is 24.3 Å². The van der Waals surface area contributed by atoms with Crippen LogP contribution in [0.1, 0.15) is 11.1 Å². The average Bonchev–Trinajstić information content (AvgIpc) is 2.58. The van der Waals surface area contributed by atoms with Gasteiger partial charge in [0.2, 0.25) is 5.91 Å². The van der Waals surface area contributed by atoms with Crippen molar-refractivity contribution in [2.75, 3.05) is 34.0 Å². The highest BCUT2D eigenvalue weighted by Crippen LogP contribution is 2.07. The summed E-state index contributed by atoms with van der Waals surface area (Å²) in [4.78, 5) is 23.6. The second-order valence-electron chi connectivity index (χ2n) is 4.70. The molecule has 7 nitrogen and oxygen atoms in total. The highest BCUT2D eigenvalue weighted by Gasteiger charge is 2.21. The van der Waals surface area contributed by atoms with E-state index < -0.39 is 17.9 Å². The second-order valence-corrected chi connectivity index (χ2v) is 4.70. The van der Waals surface area contributed by atoms with Gasteiger partial charge in [0.25, 0.3) is 0 Å². The first-order valence-corrected chi connectivity index (χ1v) is 7.03. The van der Waals surface area contributed by atoms with Crippen molar-refractivity contribution >= 4 is 11.9 Å². The quantitative estimate of drug-likeness (QED) is 0.523. The molecule has 1 atom stereocenters. The van der Waals surface area contributed by atoms with E-state index in [9.17, 15) is 9.59 Å². The molecule has 0 heterocycles. The molecule has 0 radical (unpaired) electrons. The summed E-state index contributed by atoms with van der Waals surface area (Å²) in [5.74, 6) is -0.954. The number of hydrogen-bond donors (Lipinski definition) is 1. The Morgan fingerprint density at radius 2 is 1.91 bits per heavy atom. The second kappa shape index (κ2) is 10.3. The smallest absolute Gasteiger partial charge is 0.328 e. The van der Waals surface area contributed by atoms with Crippen molar-refractivity contribution in [2.45, 2.75) is 12.5 Å². The molecule has 0 aromatic heterocycles. The summed E-state index contributed by atoms with van der Waals surface area (Å²) in [7, 11) is 2.80. The maximum atomic E-state index is 11.8. The van der Waals surface area contributed by atoms with E-state index in [2.05, 4.69) is 5.32 Å². The van der Waals surface area contributed by atoms with Gasteiger partial charge in [-0.1, -0.05) is 12.1 Å². The van der Waals surface area contributed by atoms with E-state index in [1.54, 1.807) is 24.3 Å². The van der Waals surface area contributed by atoms with Crippen LogP contribution in [0.3, 0.4) is 0 Å². The third kappa shape index (κ3) is 6.91. The Kier molecular flexibility index (Phi) is 8.36. The molecule has 1 aromatic carbocycles. The van der Waals surface area contributed by atoms with Crippen molar-refractivity contribution in [3.8, 4) is 6.07 Å². The number of methoxy groups -OCH3 is 2. The molecule has 7 heteroatoms. The van der Waals surface area contributed by atoms with Gasteiger partial charge in [0.1, 0.15) is 12.6 Å². The molecule has 1 aromatic rings. The van der Waals surface area contributed by atoms with E-state index in [1.165, 1.54) is 14.2 Å². The third-order valence-electron chi connectivity index (χ3n) is 3.01. The summed E-state index contributed by atoms with van der Waals surface area (Å²) in [5.41, 5.74) is 1.33. The first-order valence-electron chi connectivity index (χ1n) is 7.03. The number of amides is 1. The van der Waals surface area contributed by atoms with E-state index in [0.29, 0.717) is 18.8 Å². The molecule has 1 N–H and O–H groups in total. The predicted molar refractivity (Wildman–Crippen MR) is 81.5 cm³/mol. The van der Waals surface area contributed by atoms with Gasteiger partial charge in [-0.3, -0.25) is 4.79 Å². The fraction of sp³-hybridized carbons (Fsp3) is 0.438. The van der Waals surface area contributed by atoms with Gasteiger partial charge >= 0.3 is 5.97 Å². The molecule has 0 saturated heterocycles. The number of nitriles is 1. The summed E-state index contributed by atoms with van der Waals surface area (Å²) < 4.78 is 14.6. The van der Waals surface area contributed by atoms with Gasteiger partial charge in [0.15, 0.2) is 0 Å². The van der Waals surface area contributed by atoms with Crippen LogP contribution in [0.2, 0.25) is 0 Å². The van der Waals surface area contributed by atoms with Crippen LogP contribution in [0.4, 0.5) is 0 Å². The molecule has 23 heavy (non-hydrogen) atoms. The molecule has 0 saturated carbocycles. The summed E-state index contributed by atoms with van der Waals surface area (Å²) in [6.45, 7) is 0.519. The van der Waals surface area contributed by atoms with Crippen LogP contribution in [0.25, 0.3) is 0 Å². The lowest BCUT2D eigenvalue weighted by molar-refractivity contribution is -0.145. The zero-order chi connectivity index (χ0) is 17.1. The molecule has 0 bridgehead atoms. The number of rotatable bonds is 9. The molecule has 1 rings (SSSR count). The molecule has 0 unspecified atom stereocenters. The summed E-state index contributed by atoms with van der Waals surface area (Å²) in [6.07, 6.45) is 0.266. The standard InChI is InChI=1S/C16H20N2O5/c1-21-7-8-23-11-15(19)18-14(16(20)22-2)9-12-3-5-13(10-17)6-4-12/h3-6,14H,7-9,11H2,1-2H3,(H,18,19)/t14-/m1/s1. The molecule has 124 valence electrons. The van der Waals surface area contributed by atoms with Gasteiger partial charge in [-0.2, -0.15) is 5.26 Å². The number of nitrogens with zero attached hydrogens (tertiary/aromatic N) is 1. The average molecular weight is 320 g/mol. The maximum absolute atomic E-state index is 11.8. The Bertz CT molecular complexity index is 551. The van der Waals surface area contributed by atoms with Crippen molar-refractivity contribution in [1.29, 1.82) is 5.26 Å². The van der Waals surface area contributed by atoms with E-state index >= 15 is 0 Å². The van der Waals surface area contributed by atoms with Crippen molar-refractivity contribution < 1.29 is 23.8 Å². The van der Waals surface area contributed by atoms with E-state index in [4.69, 9.17) is 19.5 Å². The Morgan fingerprint density at radius 3 is 2.48 bits per heavy atom. The maximum Gasteiger partial charge on any atom is 0.328 e. The van der Waals surface area contributed by atoms with Crippen molar-refractivity contribution in [1.82, 2.24) is 5.32 Å². The lowest BCUT2D eigenvalue weighted by Crippen LogP contribution is -2.44. The highest BCUT2D eigenvalue weighted by molar-refractivity contribution is 5.85. The first kappa shape index (κ1) is 18.6. The van der Waals surface area contributed by atoms with Crippen molar-refractivity contribution in [3.63, 3.8) is 0 Å². The highest BCUT2D eigenvalue weighted by atomic mass is 16.5. The molecule has 0 aliphatic carbocycles. The number of benzene rings is 1. The van der Waals surface area contributed by atoms with Crippen LogP contribution in [0, 0.1) is 11.3 Å². The Balaban J connectivity index is 2.60. The van der Waals surface area contributed by atoms with Crippen LogP contribution < -0.4 is 5.32 Å². The van der Waals surface area contributed by atoms with Gasteiger partial charge in [-0.25, -0.2) is 4.79 Å². The fourth-order valence-electron chi connectivity index (χ4n) is 1.83. The van der Waals surface area contributed by atoms with Crippen molar-refractivity contribution in [2.24, 2.45) is 0 Å². The zero-order valence-corrected chi connectivity index (χ0v) is 13.2. The number of nitrogens with one attached hydrogen (secondary N) is 1. The molecular weight excluding hydrogens is 300 g/mol. The van der Waals surface area contributed by atoms with Gasteiger partial charge in [0, 0.05) is 13.5 Å². The number of hydrogen-bond acceptors (Lipinski definition) is 6. The van der Waals surface area contributed by atoms with Gasteiger partial charge in [-0.15, -0.1) is 0 Å². The number of esters is 1. The topological polar surface area (TPSA) is 97.6 Å². The van der Waals surface area contributed by atoms with E-state index in [0.717, 1.165) is 5.56 Å². The monoisotopic (exact) mass is 320 g/mol. The van der Waals surface area contributed by atoms with E-state index in [-0.39, 0.29) is 13.0 Å². The summed E-state index contributed by atoms with van der Waals surface area (Å²) in [6, 6.07) is 7.97. The number of carbonyl (C=O) groups is 2. The molecule has 1 amide bonds. The largest absolute Gasteiger partial charge is 0.467 e. The van der Waals surface area contributed by atoms with Gasteiger partial charge < -0.3 is 19.5 Å². The summed E-state index contributed by atoms with van der Waals surface area (Å²) in [5, 5.41) is 11.3. The minimum absolute atomic E-state index is 0.162.